The van der Waals surface area contributed by atoms with Gasteiger partial charge in [-0.05, 0) is 31.2 Å². The Balaban J connectivity index is 2.39. The minimum atomic E-state index is -4.03. The fourth-order valence-corrected chi connectivity index (χ4v) is 2.69. The number of aliphatic hydroxyl groups is 1. The second-order valence-electron chi connectivity index (χ2n) is 4.39. The van der Waals surface area contributed by atoms with Gasteiger partial charge in [-0.3, -0.25) is 4.79 Å². The molecule has 6 heteroatoms. The molecule has 110 valence electrons. The van der Waals surface area contributed by atoms with Gasteiger partial charge in [0.15, 0.2) is 11.5 Å². The largest absolute Gasteiger partial charge is 0.385 e. The average molecular weight is 306 g/mol. The molecule has 2 aromatic carbocycles. The maximum absolute atomic E-state index is 12.2. The van der Waals surface area contributed by atoms with E-state index in [1.807, 2.05) is 0 Å². The number of rotatable bonds is 5. The predicted molar refractivity (Wildman–Crippen MR) is 76.7 cm³/mol. The van der Waals surface area contributed by atoms with Crippen molar-refractivity contribution in [2.24, 2.45) is 0 Å². The molecule has 0 saturated heterocycles. The number of ketones is 1. The Labute approximate surface area is 122 Å². The summed E-state index contributed by atoms with van der Waals surface area (Å²) in [7, 11) is -4.03. The van der Waals surface area contributed by atoms with Crippen molar-refractivity contribution in [2.75, 3.05) is 0 Å². The van der Waals surface area contributed by atoms with Gasteiger partial charge in [-0.15, -0.1) is 0 Å². The summed E-state index contributed by atoms with van der Waals surface area (Å²) in [5.74, 6) is -0.707. The zero-order valence-corrected chi connectivity index (χ0v) is 12.1. The molecule has 21 heavy (non-hydrogen) atoms. The fraction of sp³-hybridized carbons (Fsp3) is 0.133. The lowest BCUT2D eigenvalue weighted by Crippen LogP contribution is -2.18. The molecular formula is C15H14O5S. The van der Waals surface area contributed by atoms with E-state index in [0.717, 1.165) is 0 Å². The topological polar surface area (TPSA) is 80.7 Å². The van der Waals surface area contributed by atoms with Gasteiger partial charge in [-0.2, -0.15) is 8.42 Å². The number of carbonyl (C=O) groups is 1. The number of aliphatic hydroxyl groups excluding tert-OH is 1. The Morgan fingerprint density at radius 2 is 1.62 bits per heavy atom. The second-order valence-corrected chi connectivity index (χ2v) is 5.93. The van der Waals surface area contributed by atoms with E-state index in [4.69, 9.17) is 4.18 Å². The van der Waals surface area contributed by atoms with Crippen molar-refractivity contribution < 1.29 is 22.5 Å². The van der Waals surface area contributed by atoms with Crippen LogP contribution in [0.1, 0.15) is 17.3 Å². The third kappa shape index (κ3) is 3.48. The van der Waals surface area contributed by atoms with Crippen LogP contribution in [-0.4, -0.2) is 25.4 Å². The minimum Gasteiger partial charge on any atom is -0.385 e. The number of Topliss-reactive ketones (excluding diaryl/α,β-unsaturated/α-hetero) is 1. The van der Waals surface area contributed by atoms with Gasteiger partial charge in [0.1, 0.15) is 11.0 Å². The predicted octanol–water partition coefficient (Wildman–Crippen LogP) is 2.02. The minimum absolute atomic E-state index is 0.00991. The van der Waals surface area contributed by atoms with Crippen LogP contribution in [0.2, 0.25) is 0 Å². The maximum atomic E-state index is 12.2. The number of carbonyl (C=O) groups excluding carboxylic acids is 1. The number of benzene rings is 2. The van der Waals surface area contributed by atoms with Gasteiger partial charge < -0.3 is 9.29 Å². The summed E-state index contributed by atoms with van der Waals surface area (Å²) >= 11 is 0. The molecule has 1 unspecified atom stereocenters. The van der Waals surface area contributed by atoms with Gasteiger partial charge in [-0.1, -0.05) is 30.3 Å². The highest BCUT2D eigenvalue weighted by Gasteiger charge is 2.22. The van der Waals surface area contributed by atoms with Crippen LogP contribution in [0.5, 0.6) is 5.75 Å². The van der Waals surface area contributed by atoms with Crippen LogP contribution < -0.4 is 4.18 Å². The van der Waals surface area contributed by atoms with E-state index >= 15 is 0 Å². The molecule has 0 aliphatic rings. The van der Waals surface area contributed by atoms with E-state index in [1.165, 1.54) is 31.2 Å². The summed E-state index contributed by atoms with van der Waals surface area (Å²) in [6.07, 6.45) is -1.24. The highest BCUT2D eigenvalue weighted by atomic mass is 32.2. The van der Waals surface area contributed by atoms with Gasteiger partial charge >= 0.3 is 10.1 Å². The van der Waals surface area contributed by atoms with E-state index in [-0.39, 0.29) is 16.2 Å². The lowest BCUT2D eigenvalue weighted by molar-refractivity contribution is 0.0778. The maximum Gasteiger partial charge on any atom is 0.339 e. The van der Waals surface area contributed by atoms with Crippen LogP contribution in [0.25, 0.3) is 0 Å². The van der Waals surface area contributed by atoms with Crippen molar-refractivity contribution >= 4 is 15.9 Å². The third-order valence-electron chi connectivity index (χ3n) is 2.76. The van der Waals surface area contributed by atoms with Crippen LogP contribution in [0, 0.1) is 0 Å². The highest BCUT2D eigenvalue weighted by Crippen LogP contribution is 2.24. The molecule has 1 atom stereocenters. The molecule has 0 spiro atoms. The Hall–Kier alpha value is -2.18. The van der Waals surface area contributed by atoms with Crippen molar-refractivity contribution in [2.45, 2.75) is 17.9 Å². The normalized spacial score (nSPS) is 12.7. The molecule has 2 rings (SSSR count). The lowest BCUT2D eigenvalue weighted by Gasteiger charge is -2.11. The Morgan fingerprint density at radius 1 is 1.05 bits per heavy atom. The van der Waals surface area contributed by atoms with Gasteiger partial charge in [0, 0.05) is 0 Å². The summed E-state index contributed by atoms with van der Waals surface area (Å²) < 4.78 is 29.3. The molecule has 0 radical (unpaired) electrons. The smallest absolute Gasteiger partial charge is 0.339 e. The van der Waals surface area contributed by atoms with Crippen LogP contribution in [-0.2, 0) is 10.1 Å². The van der Waals surface area contributed by atoms with Crippen molar-refractivity contribution in [3.63, 3.8) is 0 Å². The van der Waals surface area contributed by atoms with Gasteiger partial charge in [0.25, 0.3) is 0 Å². The standard InChI is InChI=1S/C15H14O5S/c1-11(16)15(17)13-9-5-6-10-14(13)20-21(18,19)12-7-3-2-4-8-12/h2-11,16H,1H3. The van der Waals surface area contributed by atoms with Gasteiger partial charge in [0.05, 0.1) is 5.56 Å². The number of hydrogen-bond donors (Lipinski definition) is 1. The van der Waals surface area contributed by atoms with Crippen LogP contribution in [0.15, 0.2) is 59.5 Å². The van der Waals surface area contributed by atoms with Crippen LogP contribution in [0.3, 0.4) is 0 Å². The third-order valence-corrected chi connectivity index (χ3v) is 4.01. The van der Waals surface area contributed by atoms with Crippen molar-refractivity contribution in [1.82, 2.24) is 0 Å². The van der Waals surface area contributed by atoms with E-state index in [1.54, 1.807) is 30.3 Å². The molecule has 0 saturated carbocycles. The Bertz CT molecular complexity index is 736. The molecule has 0 fully saturated rings. The van der Waals surface area contributed by atoms with Crippen molar-refractivity contribution in [3.8, 4) is 5.75 Å². The quantitative estimate of drug-likeness (QED) is 0.675. The van der Waals surface area contributed by atoms with Crippen LogP contribution in [0.4, 0.5) is 0 Å². The molecular weight excluding hydrogens is 292 g/mol. The average Bonchev–Trinajstić information content (AvgIpc) is 2.47. The first-order valence-electron chi connectivity index (χ1n) is 6.22. The van der Waals surface area contributed by atoms with E-state index in [0.29, 0.717) is 0 Å². The van der Waals surface area contributed by atoms with E-state index < -0.39 is 22.0 Å². The summed E-state index contributed by atoms with van der Waals surface area (Å²) in [4.78, 5) is 11.9. The second kappa shape index (κ2) is 6.07. The van der Waals surface area contributed by atoms with Gasteiger partial charge in [-0.25, -0.2) is 0 Å². The monoisotopic (exact) mass is 306 g/mol. The van der Waals surface area contributed by atoms with Crippen molar-refractivity contribution in [3.05, 3.63) is 60.2 Å². The SMILES string of the molecule is CC(O)C(=O)c1ccccc1OS(=O)(=O)c1ccccc1. The first-order valence-corrected chi connectivity index (χ1v) is 7.63. The zero-order chi connectivity index (χ0) is 15.5. The Morgan fingerprint density at radius 3 is 2.24 bits per heavy atom. The Kier molecular flexibility index (Phi) is 4.40. The van der Waals surface area contributed by atoms with Gasteiger partial charge in [0.2, 0.25) is 0 Å². The molecule has 0 aliphatic carbocycles. The summed E-state index contributed by atoms with van der Waals surface area (Å²) in [5.41, 5.74) is 0.0204. The lowest BCUT2D eigenvalue weighted by atomic mass is 10.1. The van der Waals surface area contributed by atoms with Crippen molar-refractivity contribution in [1.29, 1.82) is 0 Å². The first-order chi connectivity index (χ1) is 9.92. The fourth-order valence-electron chi connectivity index (χ4n) is 1.72. The zero-order valence-electron chi connectivity index (χ0n) is 11.3. The molecule has 0 heterocycles. The van der Waals surface area contributed by atoms with E-state index in [2.05, 4.69) is 0 Å². The first kappa shape index (κ1) is 15.2. The summed E-state index contributed by atoms with van der Waals surface area (Å²) in [6, 6.07) is 13.5. The van der Waals surface area contributed by atoms with Crippen LogP contribution >= 0.6 is 0 Å². The van der Waals surface area contributed by atoms with E-state index in [9.17, 15) is 18.3 Å². The molecule has 1 N–H and O–H groups in total. The molecule has 0 bridgehead atoms. The molecule has 5 nitrogen and oxygen atoms in total. The molecule has 0 aromatic heterocycles. The molecule has 0 aliphatic heterocycles. The summed E-state index contributed by atoms with van der Waals surface area (Å²) in [5, 5.41) is 9.36. The highest BCUT2D eigenvalue weighted by molar-refractivity contribution is 7.87. The molecule has 2 aromatic rings. The number of hydrogen-bond acceptors (Lipinski definition) is 5. The number of para-hydroxylation sites is 1. The molecule has 0 amide bonds. The summed E-state index contributed by atoms with van der Waals surface area (Å²) in [6.45, 7) is 1.31.